The number of rotatable bonds is 4. The van der Waals surface area contributed by atoms with Crippen molar-refractivity contribution in [2.24, 2.45) is 5.16 Å². The van der Waals surface area contributed by atoms with E-state index >= 15 is 0 Å². The summed E-state index contributed by atoms with van der Waals surface area (Å²) in [5.41, 5.74) is 3.36. The van der Waals surface area contributed by atoms with Crippen LogP contribution >= 0.6 is 0 Å². The van der Waals surface area contributed by atoms with Crippen LogP contribution in [0.15, 0.2) is 17.5 Å². The highest BCUT2D eigenvalue weighted by Gasteiger charge is 2.43. The van der Waals surface area contributed by atoms with Gasteiger partial charge in [-0.05, 0) is 45.4 Å². The van der Waals surface area contributed by atoms with Crippen LogP contribution in [-0.2, 0) is 16.2 Å². The van der Waals surface area contributed by atoms with Crippen LogP contribution in [0.5, 0.6) is 0 Å². The molecular weight excluding hydrogens is 382 g/mol. The molecule has 8 nitrogen and oxygen atoms in total. The average Bonchev–Trinajstić information content (AvgIpc) is 3.37. The molecule has 2 aliphatic carbocycles. The Morgan fingerprint density at radius 1 is 1.23 bits per heavy atom. The van der Waals surface area contributed by atoms with Gasteiger partial charge in [-0.3, -0.25) is 4.79 Å². The largest absolute Gasteiger partial charge is 0.393 e. The van der Waals surface area contributed by atoms with Gasteiger partial charge in [0.25, 0.3) is 0 Å². The standard InChI is InChI=1S/C22H29N5O3/c1-2-27-21-18(13-24-27)20(25-14-3-5-15(28)6-4-14)17(12-23-21)19-11-22(30-26-19)9-7-16(29)8-10-22/h12-15,28H,2-11H2,1H3,(H,23,25). The van der Waals surface area contributed by atoms with Gasteiger partial charge < -0.3 is 15.3 Å². The molecule has 2 saturated carbocycles. The predicted octanol–water partition coefficient (Wildman–Crippen LogP) is 3.17. The van der Waals surface area contributed by atoms with E-state index in [1.807, 2.05) is 17.1 Å². The summed E-state index contributed by atoms with van der Waals surface area (Å²) in [6.45, 7) is 2.81. The van der Waals surface area contributed by atoms with Crippen molar-refractivity contribution >= 4 is 28.2 Å². The zero-order chi connectivity index (χ0) is 20.7. The molecule has 2 aromatic rings. The molecule has 0 bridgehead atoms. The van der Waals surface area contributed by atoms with Gasteiger partial charge in [-0.25, -0.2) is 9.67 Å². The number of aromatic nitrogens is 3. The molecule has 160 valence electrons. The number of aliphatic hydroxyl groups excluding tert-OH is 1. The maximum Gasteiger partial charge on any atom is 0.159 e. The normalized spacial score (nSPS) is 26.1. The Morgan fingerprint density at radius 3 is 2.73 bits per heavy atom. The van der Waals surface area contributed by atoms with Crippen LogP contribution in [0.2, 0.25) is 0 Å². The molecule has 1 spiro atoms. The first kappa shape index (κ1) is 19.5. The van der Waals surface area contributed by atoms with Crippen molar-refractivity contribution < 1.29 is 14.7 Å². The number of nitrogens with zero attached hydrogens (tertiary/aromatic N) is 4. The van der Waals surface area contributed by atoms with E-state index in [1.165, 1.54) is 0 Å². The number of hydrogen-bond donors (Lipinski definition) is 2. The van der Waals surface area contributed by atoms with E-state index in [0.29, 0.717) is 31.1 Å². The lowest BCUT2D eigenvalue weighted by Crippen LogP contribution is -2.34. The lowest BCUT2D eigenvalue weighted by Gasteiger charge is -2.30. The zero-order valence-corrected chi connectivity index (χ0v) is 17.4. The second-order valence-corrected chi connectivity index (χ2v) is 8.92. The van der Waals surface area contributed by atoms with E-state index in [4.69, 9.17) is 9.82 Å². The van der Waals surface area contributed by atoms with E-state index in [9.17, 15) is 9.90 Å². The van der Waals surface area contributed by atoms with Crippen molar-refractivity contribution in [2.45, 2.75) is 89.0 Å². The highest BCUT2D eigenvalue weighted by Crippen LogP contribution is 2.40. The molecule has 5 rings (SSSR count). The SMILES string of the molecule is CCn1ncc2c(NC3CCC(O)CC3)c(C3=NOC4(CCC(=O)CC4)C3)cnc21. The van der Waals surface area contributed by atoms with E-state index in [-0.39, 0.29) is 11.7 Å². The molecule has 8 heteroatoms. The molecule has 0 radical (unpaired) electrons. The lowest BCUT2D eigenvalue weighted by molar-refractivity contribution is -0.127. The van der Waals surface area contributed by atoms with E-state index in [0.717, 1.165) is 73.1 Å². The number of carbonyl (C=O) groups excluding carboxylic acids is 1. The highest BCUT2D eigenvalue weighted by atomic mass is 16.7. The van der Waals surface area contributed by atoms with E-state index in [2.05, 4.69) is 22.5 Å². The smallest absolute Gasteiger partial charge is 0.159 e. The average molecular weight is 412 g/mol. The van der Waals surface area contributed by atoms with Crippen molar-refractivity contribution in [3.63, 3.8) is 0 Å². The summed E-state index contributed by atoms with van der Waals surface area (Å²) < 4.78 is 1.90. The maximum atomic E-state index is 11.7. The second-order valence-electron chi connectivity index (χ2n) is 8.92. The number of anilines is 1. The van der Waals surface area contributed by atoms with Crippen LogP contribution in [0, 0.1) is 0 Å². The summed E-state index contributed by atoms with van der Waals surface area (Å²) >= 11 is 0. The second kappa shape index (κ2) is 7.65. The van der Waals surface area contributed by atoms with Gasteiger partial charge in [0.05, 0.1) is 29.1 Å². The van der Waals surface area contributed by atoms with Gasteiger partial charge in [0.15, 0.2) is 5.65 Å². The van der Waals surface area contributed by atoms with Crippen LogP contribution in [0.1, 0.15) is 70.3 Å². The van der Waals surface area contributed by atoms with Crippen molar-refractivity contribution in [1.29, 1.82) is 0 Å². The summed E-state index contributed by atoms with van der Waals surface area (Å²) in [5.74, 6) is 0.314. The summed E-state index contributed by atoms with van der Waals surface area (Å²) in [6, 6.07) is 0.298. The van der Waals surface area contributed by atoms with Gasteiger partial charge >= 0.3 is 0 Å². The monoisotopic (exact) mass is 411 g/mol. The summed E-state index contributed by atoms with van der Waals surface area (Å²) in [6.07, 6.45) is 10.4. The summed E-state index contributed by atoms with van der Waals surface area (Å²) in [7, 11) is 0. The minimum Gasteiger partial charge on any atom is -0.393 e. The number of pyridine rings is 1. The minimum absolute atomic E-state index is 0.190. The van der Waals surface area contributed by atoms with Crippen molar-refractivity contribution in [3.05, 3.63) is 18.0 Å². The molecule has 0 aromatic carbocycles. The molecule has 30 heavy (non-hydrogen) atoms. The molecule has 0 unspecified atom stereocenters. The number of hydrogen-bond acceptors (Lipinski definition) is 7. The van der Waals surface area contributed by atoms with Crippen molar-refractivity contribution in [2.75, 3.05) is 5.32 Å². The molecule has 0 amide bonds. The molecule has 0 saturated heterocycles. The van der Waals surface area contributed by atoms with Crippen LogP contribution < -0.4 is 5.32 Å². The number of aliphatic hydroxyl groups is 1. The Hall–Kier alpha value is -2.48. The number of fused-ring (bicyclic) bond motifs is 1. The van der Waals surface area contributed by atoms with E-state index in [1.54, 1.807) is 0 Å². The first-order valence-electron chi connectivity index (χ1n) is 11.1. The molecule has 0 atom stereocenters. The number of aryl methyl sites for hydroxylation is 1. The quantitative estimate of drug-likeness (QED) is 0.801. The van der Waals surface area contributed by atoms with Crippen LogP contribution in [0.4, 0.5) is 5.69 Å². The number of Topliss-reactive ketones (excluding diaryl/α,β-unsaturated/α-hetero) is 1. The number of ketones is 1. The van der Waals surface area contributed by atoms with E-state index < -0.39 is 0 Å². The Bertz CT molecular complexity index is 980. The fourth-order valence-electron chi connectivity index (χ4n) is 4.98. The molecule has 2 fully saturated rings. The Balaban J connectivity index is 1.48. The Labute approximate surface area is 175 Å². The summed E-state index contributed by atoms with van der Waals surface area (Å²) in [5, 5.41) is 23.6. The zero-order valence-electron chi connectivity index (χ0n) is 17.4. The number of nitrogens with one attached hydrogen (secondary N) is 1. The first-order chi connectivity index (χ1) is 14.6. The van der Waals surface area contributed by atoms with Gasteiger partial charge in [-0.1, -0.05) is 5.16 Å². The van der Waals surface area contributed by atoms with Crippen LogP contribution in [-0.4, -0.2) is 49.1 Å². The van der Waals surface area contributed by atoms with Crippen molar-refractivity contribution in [3.8, 4) is 0 Å². The fourth-order valence-corrected chi connectivity index (χ4v) is 4.98. The van der Waals surface area contributed by atoms with Gasteiger partial charge in [0.1, 0.15) is 11.4 Å². The number of carbonyl (C=O) groups is 1. The first-order valence-corrected chi connectivity index (χ1v) is 11.1. The maximum absolute atomic E-state index is 11.7. The number of oxime groups is 1. The fraction of sp³-hybridized carbons (Fsp3) is 0.636. The molecule has 3 heterocycles. The molecule has 2 aromatic heterocycles. The topological polar surface area (TPSA) is 102 Å². The highest BCUT2D eigenvalue weighted by molar-refractivity contribution is 6.10. The molecule has 1 aliphatic heterocycles. The predicted molar refractivity (Wildman–Crippen MR) is 114 cm³/mol. The van der Waals surface area contributed by atoms with Gasteiger partial charge in [-0.2, -0.15) is 5.10 Å². The van der Waals surface area contributed by atoms with Gasteiger partial charge in [0, 0.05) is 43.6 Å². The lowest BCUT2D eigenvalue weighted by atomic mass is 9.80. The van der Waals surface area contributed by atoms with Crippen molar-refractivity contribution in [1.82, 2.24) is 14.8 Å². The van der Waals surface area contributed by atoms with Crippen LogP contribution in [0.3, 0.4) is 0 Å². The minimum atomic E-state index is -0.349. The third kappa shape index (κ3) is 3.47. The molecular formula is C22H29N5O3. The molecule has 2 N–H and O–H groups in total. The van der Waals surface area contributed by atoms with Crippen LogP contribution in [0.25, 0.3) is 11.0 Å². The Kier molecular flexibility index (Phi) is 4.97. The molecule has 3 aliphatic rings. The van der Waals surface area contributed by atoms with Gasteiger partial charge in [0.2, 0.25) is 0 Å². The van der Waals surface area contributed by atoms with Gasteiger partial charge in [-0.15, -0.1) is 0 Å². The Morgan fingerprint density at radius 2 is 2.00 bits per heavy atom. The third-order valence-corrected chi connectivity index (χ3v) is 6.88. The summed E-state index contributed by atoms with van der Waals surface area (Å²) in [4.78, 5) is 22.3. The third-order valence-electron chi connectivity index (χ3n) is 6.88.